The van der Waals surface area contributed by atoms with Gasteiger partial charge in [0.05, 0.1) is 21.6 Å². The first-order valence-corrected chi connectivity index (χ1v) is 7.65. The van der Waals surface area contributed by atoms with Crippen molar-refractivity contribution in [1.82, 2.24) is 9.97 Å². The van der Waals surface area contributed by atoms with Gasteiger partial charge in [0.1, 0.15) is 5.52 Å². The van der Waals surface area contributed by atoms with E-state index < -0.39 is 0 Å². The topological polar surface area (TPSA) is 25.8 Å². The van der Waals surface area contributed by atoms with E-state index in [2.05, 4.69) is 30.3 Å². The molecular formula is C19H11ClN2. The fourth-order valence-electron chi connectivity index (χ4n) is 3.30. The van der Waals surface area contributed by atoms with Gasteiger partial charge in [0.25, 0.3) is 0 Å². The molecule has 5 rings (SSSR count). The Morgan fingerprint density at radius 1 is 0.773 bits per heavy atom. The molecule has 0 radical (unpaired) electrons. The van der Waals surface area contributed by atoms with Crippen LogP contribution in [0, 0.1) is 0 Å². The van der Waals surface area contributed by atoms with Crippen molar-refractivity contribution in [2.75, 3.05) is 0 Å². The highest BCUT2D eigenvalue weighted by Gasteiger charge is 2.23. The second-order valence-corrected chi connectivity index (χ2v) is 6.01. The molecule has 0 atom stereocenters. The van der Waals surface area contributed by atoms with Crippen LogP contribution >= 0.6 is 11.6 Å². The maximum atomic E-state index is 6.67. The molecule has 1 aliphatic carbocycles. The lowest BCUT2D eigenvalue weighted by molar-refractivity contribution is 1.26. The summed E-state index contributed by atoms with van der Waals surface area (Å²) in [5.41, 5.74) is 8.38. The Labute approximate surface area is 132 Å². The van der Waals surface area contributed by atoms with E-state index in [0.717, 1.165) is 33.5 Å². The van der Waals surface area contributed by atoms with Crippen molar-refractivity contribution in [2.45, 2.75) is 6.42 Å². The summed E-state index contributed by atoms with van der Waals surface area (Å²) in [5, 5.41) is 0.738. The predicted octanol–water partition coefficient (Wildman–Crippen LogP) is 5.01. The van der Waals surface area contributed by atoms with Crippen LogP contribution in [0.5, 0.6) is 0 Å². The van der Waals surface area contributed by atoms with E-state index in [-0.39, 0.29) is 0 Å². The van der Waals surface area contributed by atoms with Gasteiger partial charge >= 0.3 is 0 Å². The lowest BCUT2D eigenvalue weighted by Crippen LogP contribution is -1.92. The molecule has 0 amide bonds. The summed E-state index contributed by atoms with van der Waals surface area (Å²) < 4.78 is 0. The molecular weight excluding hydrogens is 292 g/mol. The van der Waals surface area contributed by atoms with Crippen molar-refractivity contribution < 1.29 is 0 Å². The van der Waals surface area contributed by atoms with Crippen LogP contribution in [-0.2, 0) is 6.42 Å². The lowest BCUT2D eigenvalue weighted by Gasteiger charge is -2.08. The molecule has 3 heteroatoms. The number of rotatable bonds is 0. The number of halogens is 1. The Morgan fingerprint density at radius 3 is 2.36 bits per heavy atom. The van der Waals surface area contributed by atoms with Gasteiger partial charge in [-0.2, -0.15) is 0 Å². The molecule has 1 aliphatic rings. The molecule has 0 N–H and O–H groups in total. The first-order valence-electron chi connectivity index (χ1n) is 7.27. The summed E-state index contributed by atoms with van der Waals surface area (Å²) in [5.74, 6) is 0. The fourth-order valence-corrected chi connectivity index (χ4v) is 3.61. The highest BCUT2D eigenvalue weighted by atomic mass is 35.5. The zero-order valence-electron chi connectivity index (χ0n) is 11.7. The molecule has 4 aromatic rings. The van der Waals surface area contributed by atoms with Gasteiger partial charge in [-0.15, -0.1) is 0 Å². The van der Waals surface area contributed by atoms with E-state index in [9.17, 15) is 0 Å². The van der Waals surface area contributed by atoms with Gasteiger partial charge in [-0.25, -0.2) is 9.97 Å². The van der Waals surface area contributed by atoms with Crippen molar-refractivity contribution in [3.63, 3.8) is 0 Å². The van der Waals surface area contributed by atoms with E-state index in [1.807, 2.05) is 24.3 Å². The summed E-state index contributed by atoms with van der Waals surface area (Å²) in [6, 6.07) is 18.5. The largest absolute Gasteiger partial charge is 0.244 e. The molecule has 3 aromatic carbocycles. The van der Waals surface area contributed by atoms with E-state index in [1.165, 1.54) is 22.3 Å². The number of benzene rings is 3. The van der Waals surface area contributed by atoms with Gasteiger partial charge in [-0.05, 0) is 40.5 Å². The van der Waals surface area contributed by atoms with Gasteiger partial charge in [0.2, 0.25) is 0 Å². The van der Waals surface area contributed by atoms with E-state index in [0.29, 0.717) is 0 Å². The zero-order valence-corrected chi connectivity index (χ0v) is 12.4. The van der Waals surface area contributed by atoms with Crippen molar-refractivity contribution >= 4 is 33.7 Å². The summed E-state index contributed by atoms with van der Waals surface area (Å²) >= 11 is 6.67. The van der Waals surface area contributed by atoms with E-state index in [4.69, 9.17) is 21.6 Å². The second kappa shape index (κ2) is 4.28. The first-order chi connectivity index (χ1) is 10.8. The average Bonchev–Trinajstić information content (AvgIpc) is 2.93. The Bertz CT molecular complexity index is 1070. The van der Waals surface area contributed by atoms with Crippen molar-refractivity contribution in [3.8, 4) is 11.1 Å². The summed E-state index contributed by atoms with van der Waals surface area (Å²) in [4.78, 5) is 9.47. The minimum Gasteiger partial charge on any atom is -0.244 e. The Balaban J connectivity index is 1.91. The number of hydrogen-bond acceptors (Lipinski definition) is 2. The minimum absolute atomic E-state index is 0.738. The fraction of sp³-hybridized carbons (Fsp3) is 0.0526. The van der Waals surface area contributed by atoms with Crippen LogP contribution in [0.4, 0.5) is 0 Å². The van der Waals surface area contributed by atoms with Crippen molar-refractivity contribution in [3.05, 3.63) is 70.7 Å². The molecule has 0 saturated heterocycles. The molecule has 1 heterocycles. The van der Waals surface area contributed by atoms with E-state index >= 15 is 0 Å². The SMILES string of the molecule is Clc1c2c(cc3nc4ccccc4nc13)-c1ccccc1C2. The number of nitrogens with zero attached hydrogens (tertiary/aromatic N) is 2. The second-order valence-electron chi connectivity index (χ2n) is 5.63. The van der Waals surface area contributed by atoms with Crippen molar-refractivity contribution in [1.29, 1.82) is 0 Å². The number of aromatic nitrogens is 2. The van der Waals surface area contributed by atoms with Gasteiger partial charge < -0.3 is 0 Å². The summed E-state index contributed by atoms with van der Waals surface area (Å²) in [6.45, 7) is 0. The molecule has 0 saturated carbocycles. The van der Waals surface area contributed by atoms with Crippen LogP contribution in [0.1, 0.15) is 11.1 Å². The molecule has 0 bridgehead atoms. The molecule has 0 aliphatic heterocycles. The Hall–Kier alpha value is -2.45. The number of hydrogen-bond donors (Lipinski definition) is 0. The zero-order chi connectivity index (χ0) is 14.7. The minimum atomic E-state index is 0.738. The van der Waals surface area contributed by atoms with Crippen LogP contribution in [0.3, 0.4) is 0 Å². The van der Waals surface area contributed by atoms with Crippen LogP contribution in [-0.4, -0.2) is 9.97 Å². The van der Waals surface area contributed by atoms with Gasteiger partial charge in [-0.1, -0.05) is 48.0 Å². The normalized spacial score (nSPS) is 12.6. The quantitative estimate of drug-likeness (QED) is 0.376. The molecule has 0 spiro atoms. The third-order valence-electron chi connectivity index (χ3n) is 4.35. The molecule has 22 heavy (non-hydrogen) atoms. The van der Waals surface area contributed by atoms with Gasteiger partial charge in [0.15, 0.2) is 0 Å². The highest BCUT2D eigenvalue weighted by Crippen LogP contribution is 2.42. The highest BCUT2D eigenvalue weighted by molar-refractivity contribution is 6.36. The standard InChI is InChI=1S/C19H11ClN2/c20-18-14-9-11-5-1-2-6-12(11)13(14)10-17-19(18)22-16-8-4-3-7-15(16)21-17/h1-8,10H,9H2. The number of fused-ring (bicyclic) bond motifs is 5. The first kappa shape index (κ1) is 12.1. The van der Waals surface area contributed by atoms with Gasteiger partial charge in [0, 0.05) is 6.42 Å². The third kappa shape index (κ3) is 1.56. The summed E-state index contributed by atoms with van der Waals surface area (Å²) in [7, 11) is 0. The summed E-state index contributed by atoms with van der Waals surface area (Å²) in [6.07, 6.45) is 0.870. The lowest BCUT2D eigenvalue weighted by atomic mass is 10.0. The van der Waals surface area contributed by atoms with Crippen LogP contribution in [0.25, 0.3) is 33.2 Å². The molecule has 0 unspecified atom stereocenters. The van der Waals surface area contributed by atoms with Crippen LogP contribution < -0.4 is 0 Å². The molecule has 0 fully saturated rings. The molecule has 2 nitrogen and oxygen atoms in total. The predicted molar refractivity (Wildman–Crippen MR) is 90.3 cm³/mol. The van der Waals surface area contributed by atoms with Crippen molar-refractivity contribution in [2.24, 2.45) is 0 Å². The maximum Gasteiger partial charge on any atom is 0.108 e. The van der Waals surface area contributed by atoms with Gasteiger partial charge in [-0.3, -0.25) is 0 Å². The van der Waals surface area contributed by atoms with E-state index in [1.54, 1.807) is 0 Å². The molecule has 104 valence electrons. The molecule has 1 aromatic heterocycles. The number of para-hydroxylation sites is 2. The Morgan fingerprint density at radius 2 is 1.50 bits per heavy atom. The maximum absolute atomic E-state index is 6.67. The monoisotopic (exact) mass is 302 g/mol. The smallest absolute Gasteiger partial charge is 0.108 e. The average molecular weight is 303 g/mol. The third-order valence-corrected chi connectivity index (χ3v) is 4.76. The van der Waals surface area contributed by atoms with Crippen LogP contribution in [0.15, 0.2) is 54.6 Å². The Kier molecular flexibility index (Phi) is 2.36. The van der Waals surface area contributed by atoms with Crippen LogP contribution in [0.2, 0.25) is 5.02 Å².